The number of hydrogen-bond acceptors (Lipinski definition) is 5. The third kappa shape index (κ3) is 4.76. The fraction of sp³-hybridized carbons (Fsp3) is 0.519. The molecule has 0 spiro atoms. The Bertz CT molecular complexity index is 1260. The van der Waals surface area contributed by atoms with Gasteiger partial charge in [-0.25, -0.2) is 4.39 Å². The smallest absolute Gasteiger partial charge is 0.219 e. The maximum absolute atomic E-state index is 15.1. The zero-order valence-electron chi connectivity index (χ0n) is 21.6. The summed E-state index contributed by atoms with van der Waals surface area (Å²) in [5, 5.41) is 8.97. The summed E-state index contributed by atoms with van der Waals surface area (Å²) in [7, 11) is 3.78. The highest BCUT2D eigenvalue weighted by molar-refractivity contribution is 5.76. The van der Waals surface area contributed by atoms with Crippen molar-refractivity contribution in [2.24, 2.45) is 20.0 Å². The number of carbonyl (C=O) groups excluding carboxylic acids is 1. The Hall–Kier alpha value is -3.20. The van der Waals surface area contributed by atoms with Crippen LogP contribution in [-0.4, -0.2) is 56.7 Å². The van der Waals surface area contributed by atoms with Gasteiger partial charge in [0.1, 0.15) is 5.82 Å². The van der Waals surface area contributed by atoms with Gasteiger partial charge in [0.15, 0.2) is 5.82 Å². The van der Waals surface area contributed by atoms with Gasteiger partial charge in [-0.2, -0.15) is 10.2 Å². The number of carbonyl (C=O) groups is 1. The Kier molecular flexibility index (Phi) is 6.83. The fourth-order valence-electron chi connectivity index (χ4n) is 5.32. The predicted molar refractivity (Wildman–Crippen MR) is 137 cm³/mol. The first-order chi connectivity index (χ1) is 17.3. The minimum atomic E-state index is -0.260. The maximum atomic E-state index is 15.1. The van der Waals surface area contributed by atoms with Crippen molar-refractivity contribution in [1.82, 2.24) is 24.5 Å². The SMILES string of the molecule is CC(=O)N1CCc2c(c(N3CCCc4cc(-c5cnn(C)c5)c(F)cc43)nn2C)C1.C[C@H]1CCOC1. The largest absolute Gasteiger partial charge is 0.381 e. The maximum Gasteiger partial charge on any atom is 0.219 e. The Morgan fingerprint density at radius 2 is 2.03 bits per heavy atom. The number of fused-ring (bicyclic) bond motifs is 2. The number of aryl methyl sites for hydroxylation is 3. The summed E-state index contributed by atoms with van der Waals surface area (Å²) in [5.41, 5.74) is 5.56. The molecule has 1 fully saturated rings. The molecule has 0 radical (unpaired) electrons. The number of hydrogen-bond donors (Lipinski definition) is 0. The van der Waals surface area contributed by atoms with E-state index < -0.39 is 0 Å². The van der Waals surface area contributed by atoms with E-state index in [1.165, 1.54) is 6.42 Å². The van der Waals surface area contributed by atoms with Crippen LogP contribution in [0.25, 0.3) is 11.1 Å². The molecular formula is C27H35FN6O2. The summed E-state index contributed by atoms with van der Waals surface area (Å²) in [6.07, 6.45) is 7.43. The van der Waals surface area contributed by atoms with Crippen LogP contribution in [0.4, 0.5) is 15.9 Å². The van der Waals surface area contributed by atoms with Crippen LogP contribution in [0, 0.1) is 11.7 Å². The number of aromatic nitrogens is 4. The van der Waals surface area contributed by atoms with E-state index in [2.05, 4.69) is 16.9 Å². The standard InChI is InChI=1S/C22H25FN6O.C5H10O/c1-14(30)28-8-6-20-18(13-28)22(25-27(20)3)29-7-4-5-15-9-17(19(23)10-21(15)29)16-11-24-26(2)12-16;1-5-2-3-6-4-5/h9-12H,4-8,13H2,1-3H3;5H,2-4H2,1H3/t;5-/m.0/s1. The Morgan fingerprint density at radius 3 is 2.67 bits per heavy atom. The predicted octanol–water partition coefficient (Wildman–Crippen LogP) is 3.99. The van der Waals surface area contributed by atoms with Crippen molar-refractivity contribution >= 4 is 17.4 Å². The second kappa shape index (κ2) is 10.0. The number of amides is 1. The van der Waals surface area contributed by atoms with Gasteiger partial charge in [-0.05, 0) is 42.9 Å². The summed E-state index contributed by atoms with van der Waals surface area (Å²) in [6.45, 7) is 7.83. The van der Waals surface area contributed by atoms with Gasteiger partial charge in [0, 0.05) is 88.0 Å². The van der Waals surface area contributed by atoms with E-state index in [0.29, 0.717) is 18.7 Å². The van der Waals surface area contributed by atoms with Crippen LogP contribution in [0.2, 0.25) is 0 Å². The molecule has 1 aromatic carbocycles. The molecule has 0 unspecified atom stereocenters. The number of nitrogens with zero attached hydrogens (tertiary/aromatic N) is 6. The Balaban J connectivity index is 0.000000391. The molecule has 1 saturated heterocycles. The lowest BCUT2D eigenvalue weighted by atomic mass is 9.96. The second-order valence-corrected chi connectivity index (χ2v) is 10.2. The van der Waals surface area contributed by atoms with Crippen LogP contribution in [0.5, 0.6) is 0 Å². The monoisotopic (exact) mass is 494 g/mol. The molecule has 0 bridgehead atoms. The highest BCUT2D eigenvalue weighted by Crippen LogP contribution is 2.40. The van der Waals surface area contributed by atoms with Crippen molar-refractivity contribution in [1.29, 1.82) is 0 Å². The number of halogens is 1. The van der Waals surface area contributed by atoms with E-state index in [-0.39, 0.29) is 11.7 Å². The average Bonchev–Trinajstić information content (AvgIpc) is 3.59. The topological polar surface area (TPSA) is 68.4 Å². The summed E-state index contributed by atoms with van der Waals surface area (Å²) in [6, 6.07) is 3.58. The molecule has 3 aliphatic heterocycles. The van der Waals surface area contributed by atoms with Crippen molar-refractivity contribution in [3.05, 3.63) is 47.2 Å². The van der Waals surface area contributed by atoms with E-state index in [1.807, 2.05) is 35.9 Å². The van der Waals surface area contributed by atoms with Crippen LogP contribution in [-0.2, 0) is 43.0 Å². The number of rotatable bonds is 2. The fourth-order valence-corrected chi connectivity index (χ4v) is 5.32. The van der Waals surface area contributed by atoms with Gasteiger partial charge in [0.2, 0.25) is 5.91 Å². The molecule has 3 aromatic rings. The normalized spacial score (nSPS) is 19.0. The van der Waals surface area contributed by atoms with Crippen LogP contribution in [0.15, 0.2) is 24.5 Å². The first-order valence-electron chi connectivity index (χ1n) is 12.8. The Labute approximate surface area is 211 Å². The molecule has 5 heterocycles. The highest BCUT2D eigenvalue weighted by atomic mass is 19.1. The van der Waals surface area contributed by atoms with Gasteiger partial charge in [-0.3, -0.25) is 14.2 Å². The van der Waals surface area contributed by atoms with E-state index in [4.69, 9.17) is 9.84 Å². The molecule has 9 heteroatoms. The van der Waals surface area contributed by atoms with Crippen LogP contribution in [0.1, 0.15) is 43.5 Å². The van der Waals surface area contributed by atoms with Gasteiger partial charge in [-0.15, -0.1) is 0 Å². The molecule has 0 N–H and O–H groups in total. The van der Waals surface area contributed by atoms with Crippen LogP contribution >= 0.6 is 0 Å². The lowest BCUT2D eigenvalue weighted by Gasteiger charge is -2.32. The first kappa shape index (κ1) is 24.5. The number of benzene rings is 1. The first-order valence-corrected chi connectivity index (χ1v) is 12.8. The van der Waals surface area contributed by atoms with Crippen LogP contribution in [0.3, 0.4) is 0 Å². The van der Waals surface area contributed by atoms with Crippen molar-refractivity contribution in [3.8, 4) is 11.1 Å². The highest BCUT2D eigenvalue weighted by Gasteiger charge is 2.31. The third-order valence-electron chi connectivity index (χ3n) is 7.38. The molecule has 0 saturated carbocycles. The van der Waals surface area contributed by atoms with Gasteiger partial charge < -0.3 is 14.5 Å². The molecule has 3 aliphatic rings. The molecule has 2 aromatic heterocycles. The van der Waals surface area contributed by atoms with E-state index in [9.17, 15) is 4.79 Å². The Morgan fingerprint density at radius 1 is 1.19 bits per heavy atom. The van der Waals surface area contributed by atoms with E-state index in [1.54, 1.807) is 23.9 Å². The number of ether oxygens (including phenoxy) is 1. The molecule has 1 amide bonds. The van der Waals surface area contributed by atoms with Gasteiger partial charge in [0.05, 0.1) is 12.7 Å². The van der Waals surface area contributed by atoms with Crippen molar-refractivity contribution < 1.29 is 13.9 Å². The minimum Gasteiger partial charge on any atom is -0.381 e. The van der Waals surface area contributed by atoms with E-state index in [0.717, 1.165) is 78.8 Å². The van der Waals surface area contributed by atoms with Crippen molar-refractivity contribution in [2.75, 3.05) is 31.2 Å². The van der Waals surface area contributed by atoms with Gasteiger partial charge >= 0.3 is 0 Å². The molecule has 1 atom stereocenters. The molecule has 6 rings (SSSR count). The van der Waals surface area contributed by atoms with E-state index >= 15 is 4.39 Å². The molecule has 0 aliphatic carbocycles. The lowest BCUT2D eigenvalue weighted by molar-refractivity contribution is -0.129. The lowest BCUT2D eigenvalue weighted by Crippen LogP contribution is -2.35. The zero-order valence-corrected chi connectivity index (χ0v) is 21.6. The quantitative estimate of drug-likeness (QED) is 0.539. The minimum absolute atomic E-state index is 0.0710. The second-order valence-electron chi connectivity index (χ2n) is 10.2. The summed E-state index contributed by atoms with van der Waals surface area (Å²) in [4.78, 5) is 15.9. The van der Waals surface area contributed by atoms with Gasteiger partial charge in [0.25, 0.3) is 0 Å². The van der Waals surface area contributed by atoms with Crippen molar-refractivity contribution in [2.45, 2.75) is 46.1 Å². The summed E-state index contributed by atoms with van der Waals surface area (Å²) < 4.78 is 23.8. The summed E-state index contributed by atoms with van der Waals surface area (Å²) in [5.74, 6) is 1.48. The summed E-state index contributed by atoms with van der Waals surface area (Å²) >= 11 is 0. The third-order valence-corrected chi connectivity index (χ3v) is 7.38. The zero-order chi connectivity index (χ0) is 25.4. The number of anilines is 2. The van der Waals surface area contributed by atoms with Crippen molar-refractivity contribution in [3.63, 3.8) is 0 Å². The average molecular weight is 495 g/mol. The molecule has 192 valence electrons. The molecular weight excluding hydrogens is 459 g/mol. The molecule has 8 nitrogen and oxygen atoms in total. The van der Waals surface area contributed by atoms with Gasteiger partial charge in [-0.1, -0.05) is 6.92 Å². The molecule has 36 heavy (non-hydrogen) atoms. The van der Waals surface area contributed by atoms with Crippen LogP contribution < -0.4 is 4.90 Å².